The molecule has 352 valence electrons. The molecule has 0 fully saturated rings. The Bertz CT molecular complexity index is 833. The van der Waals surface area contributed by atoms with Crippen LogP contribution in [0.25, 0.3) is 0 Å². The average Bonchev–Trinajstić information content (AvgIpc) is 3.24. The molecule has 0 aliphatic carbocycles. The molecule has 0 aromatic heterocycles. The fourth-order valence-electron chi connectivity index (χ4n) is 8.66. The van der Waals surface area contributed by atoms with Gasteiger partial charge >= 0.3 is 0 Å². The third-order valence-electron chi connectivity index (χ3n) is 12.9. The lowest BCUT2D eigenvalue weighted by Gasteiger charge is -2.23. The Hall–Kier alpha value is -0.910. The van der Waals surface area contributed by atoms with Gasteiger partial charge in [0.05, 0.1) is 18.8 Å². The fraction of sp³-hybridized carbons (Fsp3) is 0.944. The first-order valence-electron chi connectivity index (χ1n) is 27.0. The van der Waals surface area contributed by atoms with E-state index in [1.54, 1.807) is 0 Å². The summed E-state index contributed by atoms with van der Waals surface area (Å²) in [7, 11) is 0. The standard InChI is InChI=1S/C54H107NO4/c1-3-5-7-9-11-13-15-17-19-21-23-24-25-26-27-28-29-31-33-35-37-39-41-43-45-47-49-53(58)54(59)55-51(50-56)52(57)48-46-44-42-40-38-36-34-32-30-22-20-18-16-14-12-10-8-6-4-2/h26-27,51-53,56-58H,3-25,28-50H2,1-2H3,(H,55,59)/b27-26-. The molecule has 0 aromatic carbocycles. The zero-order valence-corrected chi connectivity index (χ0v) is 40.2. The van der Waals surface area contributed by atoms with Crippen LogP contribution >= 0.6 is 0 Å². The van der Waals surface area contributed by atoms with E-state index in [1.807, 2.05) is 0 Å². The number of carbonyl (C=O) groups excluding carboxylic acids is 1. The molecule has 0 rings (SSSR count). The van der Waals surface area contributed by atoms with Crippen LogP contribution in [-0.2, 0) is 4.79 Å². The number of unbranched alkanes of at least 4 members (excludes halogenated alkanes) is 40. The van der Waals surface area contributed by atoms with Gasteiger partial charge in [-0.1, -0.05) is 276 Å². The first kappa shape index (κ1) is 58.1. The number of hydrogen-bond acceptors (Lipinski definition) is 4. The molecule has 0 aromatic rings. The van der Waals surface area contributed by atoms with Crippen LogP contribution in [-0.4, -0.2) is 46.1 Å². The lowest BCUT2D eigenvalue weighted by molar-refractivity contribution is -0.131. The van der Waals surface area contributed by atoms with E-state index in [2.05, 4.69) is 31.3 Å². The molecular weight excluding hydrogens is 727 g/mol. The molecule has 4 N–H and O–H groups in total. The minimum Gasteiger partial charge on any atom is -0.394 e. The summed E-state index contributed by atoms with van der Waals surface area (Å²) in [5.41, 5.74) is 0. The summed E-state index contributed by atoms with van der Waals surface area (Å²) in [6, 6.07) is -0.710. The van der Waals surface area contributed by atoms with Crippen molar-refractivity contribution in [2.24, 2.45) is 0 Å². The van der Waals surface area contributed by atoms with Crippen molar-refractivity contribution in [3.63, 3.8) is 0 Å². The van der Waals surface area contributed by atoms with Crippen LogP contribution in [0, 0.1) is 0 Å². The van der Waals surface area contributed by atoms with Crippen LogP contribution < -0.4 is 5.32 Å². The van der Waals surface area contributed by atoms with Crippen LogP contribution in [0.15, 0.2) is 12.2 Å². The Kier molecular flexibility index (Phi) is 49.0. The normalized spacial score (nSPS) is 13.4. The monoisotopic (exact) mass is 834 g/mol. The van der Waals surface area contributed by atoms with E-state index in [9.17, 15) is 20.1 Å². The molecule has 0 bridgehead atoms. The van der Waals surface area contributed by atoms with Crippen molar-refractivity contribution in [3.05, 3.63) is 12.2 Å². The lowest BCUT2D eigenvalue weighted by atomic mass is 10.0. The Morgan fingerprint density at radius 3 is 0.932 bits per heavy atom. The molecule has 0 heterocycles. The quantitative estimate of drug-likeness (QED) is 0.0363. The molecule has 0 saturated heterocycles. The van der Waals surface area contributed by atoms with Gasteiger partial charge in [-0.05, 0) is 38.5 Å². The maximum Gasteiger partial charge on any atom is 0.249 e. The molecule has 5 nitrogen and oxygen atoms in total. The highest BCUT2D eigenvalue weighted by atomic mass is 16.3. The van der Waals surface area contributed by atoms with E-state index in [-0.39, 0.29) is 6.61 Å². The van der Waals surface area contributed by atoms with Crippen molar-refractivity contribution in [1.29, 1.82) is 0 Å². The number of aliphatic hydroxyl groups is 3. The van der Waals surface area contributed by atoms with Crippen LogP contribution in [0.3, 0.4) is 0 Å². The Morgan fingerprint density at radius 2 is 0.644 bits per heavy atom. The minimum absolute atomic E-state index is 0.310. The molecule has 0 saturated carbocycles. The zero-order valence-electron chi connectivity index (χ0n) is 40.2. The van der Waals surface area contributed by atoms with Gasteiger partial charge in [0.1, 0.15) is 6.10 Å². The van der Waals surface area contributed by atoms with Gasteiger partial charge in [-0.3, -0.25) is 4.79 Å². The smallest absolute Gasteiger partial charge is 0.249 e. The van der Waals surface area contributed by atoms with Crippen molar-refractivity contribution < 1.29 is 20.1 Å². The van der Waals surface area contributed by atoms with E-state index in [0.717, 1.165) is 32.1 Å². The van der Waals surface area contributed by atoms with E-state index in [1.165, 1.54) is 244 Å². The zero-order chi connectivity index (χ0) is 43.0. The number of hydrogen-bond donors (Lipinski definition) is 4. The summed E-state index contributed by atoms with van der Waals surface area (Å²) in [5.74, 6) is -0.466. The van der Waals surface area contributed by atoms with E-state index >= 15 is 0 Å². The Morgan fingerprint density at radius 1 is 0.390 bits per heavy atom. The first-order valence-corrected chi connectivity index (χ1v) is 27.0. The molecule has 5 heteroatoms. The molecule has 59 heavy (non-hydrogen) atoms. The number of amides is 1. The van der Waals surface area contributed by atoms with Gasteiger partial charge in [0.15, 0.2) is 0 Å². The number of aliphatic hydroxyl groups excluding tert-OH is 3. The topological polar surface area (TPSA) is 89.8 Å². The van der Waals surface area contributed by atoms with Crippen LogP contribution in [0.2, 0.25) is 0 Å². The number of nitrogens with one attached hydrogen (secondary N) is 1. The summed E-state index contributed by atoms with van der Waals surface area (Å²) in [6.45, 7) is 4.27. The average molecular weight is 834 g/mol. The summed E-state index contributed by atoms with van der Waals surface area (Å²) >= 11 is 0. The lowest BCUT2D eigenvalue weighted by Crippen LogP contribution is -2.49. The molecule has 0 aliphatic rings. The van der Waals surface area contributed by atoms with Crippen molar-refractivity contribution in [2.75, 3.05) is 6.61 Å². The predicted octanol–water partition coefficient (Wildman–Crippen LogP) is 16.3. The van der Waals surface area contributed by atoms with Gasteiger partial charge in [0.2, 0.25) is 5.91 Å². The SMILES string of the molecule is CCCCCCCCCCCCCC/C=C\CCCCCCCCCCCCC(O)C(=O)NC(CO)C(O)CCCCCCCCCCCCCCCCCCCCC. The molecule has 3 unspecified atom stereocenters. The maximum absolute atomic E-state index is 12.6. The highest BCUT2D eigenvalue weighted by Crippen LogP contribution is 2.18. The van der Waals surface area contributed by atoms with Gasteiger partial charge in [-0.15, -0.1) is 0 Å². The van der Waals surface area contributed by atoms with E-state index in [4.69, 9.17) is 0 Å². The maximum atomic E-state index is 12.6. The van der Waals surface area contributed by atoms with Crippen LogP contribution in [0.4, 0.5) is 0 Å². The van der Waals surface area contributed by atoms with Crippen molar-refractivity contribution >= 4 is 5.91 Å². The van der Waals surface area contributed by atoms with Crippen molar-refractivity contribution in [1.82, 2.24) is 5.32 Å². The van der Waals surface area contributed by atoms with E-state index < -0.39 is 24.2 Å². The van der Waals surface area contributed by atoms with Gasteiger partial charge in [-0.2, -0.15) is 0 Å². The van der Waals surface area contributed by atoms with Crippen LogP contribution in [0.5, 0.6) is 0 Å². The predicted molar refractivity (Wildman–Crippen MR) is 259 cm³/mol. The second-order valence-corrected chi connectivity index (χ2v) is 18.8. The van der Waals surface area contributed by atoms with Crippen LogP contribution in [0.1, 0.15) is 303 Å². The number of carbonyl (C=O) groups is 1. The Balaban J connectivity index is 3.53. The minimum atomic E-state index is -1.07. The molecule has 1 amide bonds. The van der Waals surface area contributed by atoms with Crippen molar-refractivity contribution in [2.45, 2.75) is 321 Å². The van der Waals surface area contributed by atoms with E-state index in [0.29, 0.717) is 12.8 Å². The largest absolute Gasteiger partial charge is 0.394 e. The third-order valence-corrected chi connectivity index (χ3v) is 12.9. The summed E-state index contributed by atoms with van der Waals surface area (Å²) < 4.78 is 0. The van der Waals surface area contributed by atoms with Gasteiger partial charge in [-0.25, -0.2) is 0 Å². The highest BCUT2D eigenvalue weighted by Gasteiger charge is 2.23. The molecular formula is C54H107NO4. The van der Waals surface area contributed by atoms with Crippen molar-refractivity contribution in [3.8, 4) is 0 Å². The number of allylic oxidation sites excluding steroid dienone is 2. The third kappa shape index (κ3) is 44.9. The highest BCUT2D eigenvalue weighted by molar-refractivity contribution is 5.80. The molecule has 0 radical (unpaired) electrons. The van der Waals surface area contributed by atoms with Gasteiger partial charge in [0, 0.05) is 0 Å². The van der Waals surface area contributed by atoms with Gasteiger partial charge < -0.3 is 20.6 Å². The second kappa shape index (κ2) is 49.7. The molecule has 0 spiro atoms. The summed E-state index contributed by atoms with van der Waals surface area (Å²) in [6.07, 6.45) is 61.0. The summed E-state index contributed by atoms with van der Waals surface area (Å²) in [5, 5.41) is 33.5. The fourth-order valence-corrected chi connectivity index (χ4v) is 8.66. The molecule has 3 atom stereocenters. The first-order chi connectivity index (χ1) is 29.1. The molecule has 0 aliphatic heterocycles. The number of rotatable bonds is 50. The second-order valence-electron chi connectivity index (χ2n) is 18.8. The van der Waals surface area contributed by atoms with Gasteiger partial charge in [0.25, 0.3) is 0 Å². The summed E-state index contributed by atoms with van der Waals surface area (Å²) in [4.78, 5) is 12.6. The Labute approximate surface area is 369 Å².